The lowest BCUT2D eigenvalue weighted by atomic mass is 9.91. The number of nitrogens with one attached hydrogen (secondary N) is 1. The van der Waals surface area contributed by atoms with Crippen LogP contribution in [0.15, 0.2) is 22.9 Å². The summed E-state index contributed by atoms with van der Waals surface area (Å²) in [6.45, 7) is 3.65. The lowest BCUT2D eigenvalue weighted by molar-refractivity contribution is 0.315. The molecule has 11 heteroatoms. The molecule has 1 fully saturated rings. The van der Waals surface area contributed by atoms with Gasteiger partial charge in [-0.1, -0.05) is 36.3 Å². The molecule has 1 N–H and O–H groups in total. The van der Waals surface area contributed by atoms with Crippen molar-refractivity contribution in [2.45, 2.75) is 51.7 Å². The van der Waals surface area contributed by atoms with Gasteiger partial charge in [0.2, 0.25) is 10.0 Å². The Morgan fingerprint density at radius 1 is 1.18 bits per heavy atom. The average Bonchev–Trinajstić information content (AvgIpc) is 3.55. The van der Waals surface area contributed by atoms with Crippen LogP contribution < -0.4 is 9.46 Å². The molecule has 0 unspecified atom stereocenters. The molecule has 1 aliphatic carbocycles. The molecule has 1 saturated carbocycles. The van der Waals surface area contributed by atoms with Crippen LogP contribution in [-0.2, 0) is 29.7 Å². The molecule has 3 heterocycles. The normalized spacial score (nSPS) is 16.5. The van der Waals surface area contributed by atoms with E-state index in [0.717, 1.165) is 63.1 Å². The SMILES string of the molecule is COc1cc(Cn2cc3c(n2)CN(CC#CCN(C)C)C3)cc2onc(NS(=O)(=O)CC3CCCCC3)c12. The number of fused-ring (bicyclic) bond motifs is 2. The molecule has 2 aromatic heterocycles. The first kappa shape index (κ1) is 26.5. The molecule has 0 bridgehead atoms. The number of ether oxygens (including phenoxy) is 1. The summed E-state index contributed by atoms with van der Waals surface area (Å²) in [5.41, 5.74) is 3.68. The molecule has 204 valence electrons. The van der Waals surface area contributed by atoms with Crippen LogP contribution >= 0.6 is 0 Å². The highest BCUT2D eigenvalue weighted by molar-refractivity contribution is 7.92. The number of sulfonamides is 1. The first-order valence-electron chi connectivity index (χ1n) is 13.1. The maximum Gasteiger partial charge on any atom is 0.234 e. The molecule has 0 atom stereocenters. The maximum absolute atomic E-state index is 12.9. The molecule has 3 aromatic rings. The number of hydrogen-bond acceptors (Lipinski definition) is 8. The molecule has 10 nitrogen and oxygen atoms in total. The van der Waals surface area contributed by atoms with Crippen molar-refractivity contribution in [1.82, 2.24) is 24.7 Å². The van der Waals surface area contributed by atoms with E-state index in [1.54, 1.807) is 7.11 Å². The minimum atomic E-state index is -3.55. The van der Waals surface area contributed by atoms with Gasteiger partial charge in [-0.3, -0.25) is 19.2 Å². The number of aromatic nitrogens is 3. The highest BCUT2D eigenvalue weighted by atomic mass is 32.2. The molecule has 5 rings (SSSR count). The van der Waals surface area contributed by atoms with E-state index < -0.39 is 10.0 Å². The molecule has 0 amide bonds. The summed E-state index contributed by atoms with van der Waals surface area (Å²) in [5.74, 6) is 7.38. The van der Waals surface area contributed by atoms with Gasteiger partial charge in [0.1, 0.15) is 11.1 Å². The number of rotatable bonds is 9. The van der Waals surface area contributed by atoms with Gasteiger partial charge in [0.15, 0.2) is 11.4 Å². The van der Waals surface area contributed by atoms with Crippen molar-refractivity contribution in [1.29, 1.82) is 0 Å². The fourth-order valence-corrected chi connectivity index (χ4v) is 6.77. The van der Waals surface area contributed by atoms with E-state index in [1.165, 1.54) is 12.0 Å². The summed E-state index contributed by atoms with van der Waals surface area (Å²) >= 11 is 0. The molecule has 0 radical (unpaired) electrons. The Kier molecular flexibility index (Phi) is 7.93. The zero-order valence-electron chi connectivity index (χ0n) is 22.4. The molecule has 0 spiro atoms. The topological polar surface area (TPSA) is 106 Å². The lowest BCUT2D eigenvalue weighted by Crippen LogP contribution is -2.24. The standard InChI is InChI=1S/C27H36N6O4S/c1-31(2)11-7-8-12-32-16-22-17-33(28-23(22)18-32)15-21-13-24(36-3)26-25(14-21)37-29-27(26)30-38(34,35)19-20-9-5-4-6-10-20/h13-14,17,20H,4-6,9-12,15-16,18-19H2,1-3H3,(H,29,30). The Morgan fingerprint density at radius 2 is 2.00 bits per heavy atom. The summed E-state index contributed by atoms with van der Waals surface area (Å²) in [4.78, 5) is 4.34. The van der Waals surface area contributed by atoms with Gasteiger partial charge in [-0.05, 0) is 50.6 Å². The van der Waals surface area contributed by atoms with Gasteiger partial charge in [-0.2, -0.15) is 5.10 Å². The predicted octanol–water partition coefficient (Wildman–Crippen LogP) is 3.28. The van der Waals surface area contributed by atoms with E-state index in [-0.39, 0.29) is 17.5 Å². The Balaban J connectivity index is 1.26. The van der Waals surface area contributed by atoms with Crippen LogP contribution in [-0.4, -0.2) is 73.2 Å². The third kappa shape index (κ3) is 6.31. The summed E-state index contributed by atoms with van der Waals surface area (Å²) in [6.07, 6.45) is 7.34. The molecule has 1 aliphatic heterocycles. The summed E-state index contributed by atoms with van der Waals surface area (Å²) < 4.78 is 41.4. The maximum atomic E-state index is 12.9. The zero-order valence-corrected chi connectivity index (χ0v) is 23.2. The number of anilines is 1. The van der Waals surface area contributed by atoms with E-state index in [2.05, 4.69) is 37.7 Å². The van der Waals surface area contributed by atoms with Crippen LogP contribution in [0.2, 0.25) is 0 Å². The monoisotopic (exact) mass is 540 g/mol. The van der Waals surface area contributed by atoms with Crippen LogP contribution in [0, 0.1) is 17.8 Å². The van der Waals surface area contributed by atoms with Crippen molar-refractivity contribution in [3.8, 4) is 17.6 Å². The average molecular weight is 541 g/mol. The number of benzene rings is 1. The van der Waals surface area contributed by atoms with Crippen molar-refractivity contribution in [2.24, 2.45) is 5.92 Å². The van der Waals surface area contributed by atoms with Gasteiger partial charge in [0.25, 0.3) is 0 Å². The minimum absolute atomic E-state index is 0.103. The first-order valence-corrected chi connectivity index (χ1v) is 14.8. The summed E-state index contributed by atoms with van der Waals surface area (Å²) in [5, 5.41) is 9.34. The Bertz CT molecular complexity index is 1420. The first-order chi connectivity index (χ1) is 18.3. The van der Waals surface area contributed by atoms with Crippen LogP contribution in [0.1, 0.15) is 48.9 Å². The Labute approximate surface area is 224 Å². The minimum Gasteiger partial charge on any atom is -0.496 e. The third-order valence-electron chi connectivity index (χ3n) is 7.11. The zero-order chi connectivity index (χ0) is 26.7. The quantitative estimate of drug-likeness (QED) is 0.412. The Hall–Kier alpha value is -3.07. The van der Waals surface area contributed by atoms with Gasteiger partial charge in [-0.15, -0.1) is 0 Å². The van der Waals surface area contributed by atoms with Crippen LogP contribution in [0.5, 0.6) is 5.75 Å². The summed E-state index contributed by atoms with van der Waals surface area (Å²) in [6, 6.07) is 3.75. The number of hydrogen-bond donors (Lipinski definition) is 1. The molecule has 2 aliphatic rings. The van der Waals surface area contributed by atoms with Gasteiger partial charge in [0, 0.05) is 24.8 Å². The third-order valence-corrected chi connectivity index (χ3v) is 8.52. The van der Waals surface area contributed by atoms with E-state index >= 15 is 0 Å². The predicted molar refractivity (Wildman–Crippen MR) is 146 cm³/mol. The van der Waals surface area contributed by atoms with Gasteiger partial charge < -0.3 is 9.26 Å². The Morgan fingerprint density at radius 3 is 2.74 bits per heavy atom. The van der Waals surface area contributed by atoms with Crippen LogP contribution in [0.25, 0.3) is 11.0 Å². The molecule has 38 heavy (non-hydrogen) atoms. The fourth-order valence-electron chi connectivity index (χ4n) is 5.30. The van der Waals surface area contributed by atoms with E-state index in [9.17, 15) is 8.42 Å². The highest BCUT2D eigenvalue weighted by Crippen LogP contribution is 2.35. The second-order valence-corrected chi connectivity index (χ2v) is 12.4. The van der Waals surface area contributed by atoms with Crippen LogP contribution in [0.3, 0.4) is 0 Å². The highest BCUT2D eigenvalue weighted by Gasteiger charge is 2.25. The van der Waals surface area contributed by atoms with Crippen molar-refractivity contribution in [3.05, 3.63) is 35.2 Å². The van der Waals surface area contributed by atoms with E-state index in [0.29, 0.717) is 23.3 Å². The van der Waals surface area contributed by atoms with Crippen molar-refractivity contribution < 1.29 is 17.7 Å². The molecular formula is C27H36N6O4S. The van der Waals surface area contributed by atoms with E-state index in [4.69, 9.17) is 14.4 Å². The summed E-state index contributed by atoms with van der Waals surface area (Å²) in [7, 11) is 2.03. The van der Waals surface area contributed by atoms with Crippen LogP contribution in [0.4, 0.5) is 5.82 Å². The lowest BCUT2D eigenvalue weighted by Gasteiger charge is -2.21. The smallest absolute Gasteiger partial charge is 0.234 e. The second kappa shape index (κ2) is 11.4. The van der Waals surface area contributed by atoms with Gasteiger partial charge >= 0.3 is 0 Å². The molecule has 1 aromatic carbocycles. The molecular weight excluding hydrogens is 504 g/mol. The van der Waals surface area contributed by atoms with E-state index in [1.807, 2.05) is 30.9 Å². The number of nitrogens with zero attached hydrogens (tertiary/aromatic N) is 5. The van der Waals surface area contributed by atoms with Crippen molar-refractivity contribution in [2.75, 3.05) is 44.8 Å². The van der Waals surface area contributed by atoms with Gasteiger partial charge in [0.05, 0.1) is 38.2 Å². The molecule has 0 saturated heterocycles. The van der Waals surface area contributed by atoms with Gasteiger partial charge in [-0.25, -0.2) is 8.42 Å². The van der Waals surface area contributed by atoms with Crippen molar-refractivity contribution >= 4 is 26.8 Å². The second-order valence-electron chi connectivity index (χ2n) is 10.6. The fraction of sp³-hybridized carbons (Fsp3) is 0.556. The largest absolute Gasteiger partial charge is 0.496 e. The van der Waals surface area contributed by atoms with Crippen molar-refractivity contribution in [3.63, 3.8) is 0 Å². The number of methoxy groups -OCH3 is 1.